The van der Waals surface area contributed by atoms with Gasteiger partial charge in [-0.2, -0.15) is 0 Å². The van der Waals surface area contributed by atoms with Crippen LogP contribution in [0.25, 0.3) is 0 Å². The summed E-state index contributed by atoms with van der Waals surface area (Å²) in [5.74, 6) is 0. The molecule has 0 saturated carbocycles. The van der Waals surface area contributed by atoms with Crippen molar-refractivity contribution in [2.45, 2.75) is 84.2 Å². The third-order valence-corrected chi connectivity index (χ3v) is 4.62. The Labute approximate surface area is 138 Å². The Morgan fingerprint density at radius 1 is 0.864 bits per heavy atom. The van der Waals surface area contributed by atoms with Crippen molar-refractivity contribution in [1.82, 2.24) is 4.90 Å². The second-order valence-corrected chi connectivity index (χ2v) is 6.65. The fraction of sp³-hybridized carbons (Fsp3) is 1.00. The van der Waals surface area contributed by atoms with Gasteiger partial charge in [0.1, 0.15) is 0 Å². The van der Waals surface area contributed by atoms with E-state index in [1.165, 1.54) is 64.2 Å². The molecule has 0 amide bonds. The van der Waals surface area contributed by atoms with Gasteiger partial charge in [-0.05, 0) is 12.8 Å². The molecule has 1 rings (SSSR count). The van der Waals surface area contributed by atoms with E-state index in [-0.39, 0.29) is 0 Å². The lowest BCUT2D eigenvalue weighted by Gasteiger charge is -2.27. The van der Waals surface area contributed by atoms with E-state index in [1.54, 1.807) is 0 Å². The highest BCUT2D eigenvalue weighted by Crippen LogP contribution is 2.15. The molecule has 0 N–H and O–H groups in total. The summed E-state index contributed by atoms with van der Waals surface area (Å²) in [4.78, 5) is 2.47. The zero-order valence-electron chi connectivity index (χ0n) is 15.2. The first-order valence-corrected chi connectivity index (χ1v) is 9.78. The molecule has 0 aromatic heterocycles. The van der Waals surface area contributed by atoms with Crippen LogP contribution in [0.5, 0.6) is 0 Å². The van der Waals surface area contributed by atoms with E-state index < -0.39 is 0 Å². The molecule has 0 spiro atoms. The van der Waals surface area contributed by atoms with Gasteiger partial charge in [0, 0.05) is 19.6 Å². The first kappa shape index (κ1) is 19.9. The zero-order valence-corrected chi connectivity index (χ0v) is 15.2. The average Bonchev–Trinajstić information content (AvgIpc) is 2.55. The van der Waals surface area contributed by atoms with Gasteiger partial charge >= 0.3 is 0 Å². The third kappa shape index (κ3) is 10.6. The monoisotopic (exact) mass is 313 g/mol. The quantitative estimate of drug-likeness (QED) is 0.436. The van der Waals surface area contributed by atoms with Gasteiger partial charge in [-0.3, -0.25) is 4.90 Å². The number of rotatable bonds is 14. The normalized spacial score (nSPS) is 17.7. The first-order valence-electron chi connectivity index (χ1n) is 9.78. The van der Waals surface area contributed by atoms with Crippen molar-refractivity contribution in [3.8, 4) is 0 Å². The number of unbranched alkanes of at least 4 members (excludes halogenated alkanes) is 6. The highest BCUT2D eigenvalue weighted by Gasteiger charge is 2.12. The molecule has 0 aromatic rings. The highest BCUT2D eigenvalue weighted by atomic mass is 16.5. The molecule has 3 nitrogen and oxygen atoms in total. The third-order valence-electron chi connectivity index (χ3n) is 4.62. The zero-order chi connectivity index (χ0) is 15.9. The number of nitrogens with zero attached hydrogens (tertiary/aromatic N) is 1. The van der Waals surface area contributed by atoms with Crippen molar-refractivity contribution < 1.29 is 9.47 Å². The maximum absolute atomic E-state index is 6.22. The van der Waals surface area contributed by atoms with Crippen molar-refractivity contribution in [2.24, 2.45) is 0 Å². The summed E-state index contributed by atoms with van der Waals surface area (Å²) in [5, 5.41) is 0. The summed E-state index contributed by atoms with van der Waals surface area (Å²) in [6.07, 6.45) is 13.8. The van der Waals surface area contributed by atoms with E-state index >= 15 is 0 Å². The molecule has 1 aliphatic rings. The van der Waals surface area contributed by atoms with Crippen molar-refractivity contribution >= 4 is 0 Å². The topological polar surface area (TPSA) is 21.7 Å². The maximum Gasteiger partial charge on any atom is 0.0597 e. The van der Waals surface area contributed by atoms with Crippen molar-refractivity contribution in [2.75, 3.05) is 39.5 Å². The van der Waals surface area contributed by atoms with Gasteiger partial charge in [-0.25, -0.2) is 0 Å². The largest absolute Gasteiger partial charge is 0.379 e. The van der Waals surface area contributed by atoms with E-state index in [9.17, 15) is 0 Å². The fourth-order valence-corrected chi connectivity index (χ4v) is 3.08. The molecule has 22 heavy (non-hydrogen) atoms. The predicted molar refractivity (Wildman–Crippen MR) is 94.5 cm³/mol. The van der Waals surface area contributed by atoms with E-state index in [4.69, 9.17) is 9.47 Å². The Morgan fingerprint density at radius 3 is 2.14 bits per heavy atom. The lowest BCUT2D eigenvalue weighted by Crippen LogP contribution is -2.38. The van der Waals surface area contributed by atoms with Gasteiger partial charge in [0.2, 0.25) is 0 Å². The summed E-state index contributed by atoms with van der Waals surface area (Å²) in [6, 6.07) is 0. The molecule has 1 aliphatic heterocycles. The van der Waals surface area contributed by atoms with Crippen LogP contribution in [0.1, 0.15) is 78.1 Å². The van der Waals surface area contributed by atoms with Gasteiger partial charge in [0.05, 0.1) is 25.9 Å². The molecule has 1 fully saturated rings. The average molecular weight is 314 g/mol. The van der Waals surface area contributed by atoms with Crippen LogP contribution >= 0.6 is 0 Å². The Kier molecular flexibility index (Phi) is 13.1. The first-order chi connectivity index (χ1) is 10.9. The van der Waals surface area contributed by atoms with Crippen molar-refractivity contribution in [1.29, 1.82) is 0 Å². The highest BCUT2D eigenvalue weighted by molar-refractivity contribution is 4.64. The van der Waals surface area contributed by atoms with Crippen LogP contribution in [0.2, 0.25) is 0 Å². The van der Waals surface area contributed by atoms with Crippen LogP contribution in [-0.4, -0.2) is 50.5 Å². The van der Waals surface area contributed by atoms with Crippen LogP contribution < -0.4 is 0 Å². The SMILES string of the molecule is CCCCCCCC(CCCCC)OCCN1CCOCC1. The number of morpholine rings is 1. The van der Waals surface area contributed by atoms with Crippen molar-refractivity contribution in [3.63, 3.8) is 0 Å². The maximum atomic E-state index is 6.22. The van der Waals surface area contributed by atoms with Crippen LogP contribution in [0, 0.1) is 0 Å². The van der Waals surface area contributed by atoms with Crippen LogP contribution in [0.3, 0.4) is 0 Å². The molecule has 0 aliphatic carbocycles. The number of hydrogen-bond acceptors (Lipinski definition) is 3. The summed E-state index contributed by atoms with van der Waals surface area (Å²) in [6.45, 7) is 10.4. The van der Waals surface area contributed by atoms with E-state index in [2.05, 4.69) is 18.7 Å². The minimum absolute atomic E-state index is 0.495. The van der Waals surface area contributed by atoms with Crippen LogP contribution in [0.15, 0.2) is 0 Å². The molecule has 0 aromatic carbocycles. The van der Waals surface area contributed by atoms with Gasteiger partial charge in [0.25, 0.3) is 0 Å². The summed E-state index contributed by atoms with van der Waals surface area (Å²) in [5.41, 5.74) is 0. The van der Waals surface area contributed by atoms with Gasteiger partial charge in [-0.15, -0.1) is 0 Å². The Hall–Kier alpha value is -0.120. The minimum atomic E-state index is 0.495. The molecule has 132 valence electrons. The fourth-order valence-electron chi connectivity index (χ4n) is 3.08. The van der Waals surface area contributed by atoms with Gasteiger partial charge in [-0.1, -0.05) is 65.2 Å². The minimum Gasteiger partial charge on any atom is -0.379 e. The summed E-state index contributed by atoms with van der Waals surface area (Å²) >= 11 is 0. The van der Waals surface area contributed by atoms with Crippen molar-refractivity contribution in [3.05, 3.63) is 0 Å². The Morgan fingerprint density at radius 2 is 1.45 bits per heavy atom. The summed E-state index contributed by atoms with van der Waals surface area (Å²) < 4.78 is 11.6. The van der Waals surface area contributed by atoms with E-state index in [1.807, 2.05) is 0 Å². The summed E-state index contributed by atoms with van der Waals surface area (Å²) in [7, 11) is 0. The standard InChI is InChI=1S/C19H39NO2/c1-3-5-7-8-10-12-19(11-9-6-4-2)22-18-15-20-13-16-21-17-14-20/h19H,3-18H2,1-2H3. The smallest absolute Gasteiger partial charge is 0.0597 e. The Bertz CT molecular complexity index is 229. The molecule has 1 atom stereocenters. The van der Waals surface area contributed by atoms with E-state index in [0.717, 1.165) is 39.5 Å². The second-order valence-electron chi connectivity index (χ2n) is 6.65. The molecular formula is C19H39NO2. The van der Waals surface area contributed by atoms with Gasteiger partial charge in [0.15, 0.2) is 0 Å². The van der Waals surface area contributed by atoms with Gasteiger partial charge < -0.3 is 9.47 Å². The molecule has 1 unspecified atom stereocenters. The lowest BCUT2D eigenvalue weighted by molar-refractivity contribution is -0.00399. The number of hydrogen-bond donors (Lipinski definition) is 0. The molecule has 3 heteroatoms. The molecular weight excluding hydrogens is 274 g/mol. The molecule has 0 bridgehead atoms. The van der Waals surface area contributed by atoms with Crippen LogP contribution in [0.4, 0.5) is 0 Å². The number of ether oxygens (including phenoxy) is 2. The van der Waals surface area contributed by atoms with E-state index in [0.29, 0.717) is 6.10 Å². The van der Waals surface area contributed by atoms with Crippen LogP contribution in [-0.2, 0) is 9.47 Å². The molecule has 1 saturated heterocycles. The Balaban J connectivity index is 2.12. The molecule has 0 radical (unpaired) electrons. The molecule has 1 heterocycles. The lowest BCUT2D eigenvalue weighted by atomic mass is 10.0. The predicted octanol–water partition coefficient (Wildman–Crippen LogP) is 4.64. The second kappa shape index (κ2) is 14.5.